The summed E-state index contributed by atoms with van der Waals surface area (Å²) in [7, 11) is 0. The van der Waals surface area contributed by atoms with E-state index in [0.29, 0.717) is 15.8 Å². The fraction of sp³-hybridized carbons (Fsp3) is 0.263. The van der Waals surface area contributed by atoms with Crippen LogP contribution in [0.5, 0.6) is 0 Å². The summed E-state index contributed by atoms with van der Waals surface area (Å²) in [6, 6.07) is 7.89. The quantitative estimate of drug-likeness (QED) is 0.363. The average Bonchev–Trinajstić information content (AvgIpc) is 2.56. The second kappa shape index (κ2) is 9.16. The molecule has 1 aromatic carbocycles. The fourth-order valence-corrected chi connectivity index (χ4v) is 2.60. The van der Waals surface area contributed by atoms with Crippen molar-refractivity contribution in [3.05, 3.63) is 51.7 Å². The Morgan fingerprint density at radius 2 is 1.82 bits per heavy atom. The predicted molar refractivity (Wildman–Crippen MR) is 111 cm³/mol. The number of ketones is 1. The van der Waals surface area contributed by atoms with Crippen LogP contribution in [-0.4, -0.2) is 28.4 Å². The van der Waals surface area contributed by atoms with Gasteiger partial charge in [-0.3, -0.25) is 14.9 Å². The highest BCUT2D eigenvalue weighted by Gasteiger charge is 2.19. The second-order valence-corrected chi connectivity index (χ2v) is 8.14. The van der Waals surface area contributed by atoms with Crippen LogP contribution in [-0.2, 0) is 9.53 Å². The molecular formula is C19H19BrClN3O4. The van der Waals surface area contributed by atoms with E-state index in [1.165, 1.54) is 18.3 Å². The lowest BCUT2D eigenvalue weighted by molar-refractivity contribution is -0.115. The third-order valence-electron chi connectivity index (χ3n) is 3.26. The largest absolute Gasteiger partial charge is 0.444 e. The van der Waals surface area contributed by atoms with Crippen LogP contribution in [0.2, 0.25) is 5.15 Å². The zero-order chi connectivity index (χ0) is 20.9. The summed E-state index contributed by atoms with van der Waals surface area (Å²) < 4.78 is 5.90. The number of benzene rings is 1. The number of pyridine rings is 1. The van der Waals surface area contributed by atoms with E-state index in [9.17, 15) is 14.4 Å². The normalized spacial score (nSPS) is 10.9. The number of hydrogen-bond acceptors (Lipinski definition) is 5. The standard InChI is InChI=1S/C19H19BrClN3O4/c1-19(2,3)28-18(27)24-13-6-5-12(20)8-14(13)23-17(26)9-15(25)11-4-7-16(21)22-10-11/h4-8,10H,9H2,1-3H3,(H,23,26)(H,24,27). The third-order valence-corrected chi connectivity index (χ3v) is 3.98. The van der Waals surface area contributed by atoms with Gasteiger partial charge in [-0.2, -0.15) is 0 Å². The lowest BCUT2D eigenvalue weighted by Crippen LogP contribution is -2.27. The Hall–Kier alpha value is -2.45. The number of nitrogens with one attached hydrogen (secondary N) is 2. The summed E-state index contributed by atoms with van der Waals surface area (Å²) in [4.78, 5) is 40.3. The number of anilines is 2. The highest BCUT2D eigenvalue weighted by Crippen LogP contribution is 2.27. The zero-order valence-electron chi connectivity index (χ0n) is 15.5. The molecule has 9 heteroatoms. The van der Waals surface area contributed by atoms with Gasteiger partial charge in [0.05, 0.1) is 17.8 Å². The minimum absolute atomic E-state index is 0.257. The van der Waals surface area contributed by atoms with Gasteiger partial charge in [-0.15, -0.1) is 0 Å². The van der Waals surface area contributed by atoms with E-state index in [2.05, 4.69) is 31.5 Å². The van der Waals surface area contributed by atoms with Crippen molar-refractivity contribution in [3.63, 3.8) is 0 Å². The van der Waals surface area contributed by atoms with Gasteiger partial charge in [0.2, 0.25) is 5.91 Å². The van der Waals surface area contributed by atoms with E-state index < -0.39 is 23.4 Å². The number of halogens is 2. The van der Waals surface area contributed by atoms with Gasteiger partial charge in [0.1, 0.15) is 10.8 Å². The third kappa shape index (κ3) is 6.94. The SMILES string of the molecule is CC(C)(C)OC(=O)Nc1ccc(Br)cc1NC(=O)CC(=O)c1ccc(Cl)nc1. The highest BCUT2D eigenvalue weighted by molar-refractivity contribution is 9.10. The number of amides is 2. The van der Waals surface area contributed by atoms with Crippen molar-refractivity contribution in [1.29, 1.82) is 0 Å². The Morgan fingerprint density at radius 3 is 2.43 bits per heavy atom. The number of rotatable bonds is 5. The van der Waals surface area contributed by atoms with Crippen molar-refractivity contribution in [1.82, 2.24) is 4.98 Å². The number of ether oxygens (including phenoxy) is 1. The maximum absolute atomic E-state index is 12.3. The van der Waals surface area contributed by atoms with Crippen LogP contribution in [0.15, 0.2) is 41.0 Å². The van der Waals surface area contributed by atoms with Crippen molar-refractivity contribution in [2.45, 2.75) is 32.8 Å². The summed E-state index contributed by atoms with van der Waals surface area (Å²) in [5.41, 5.74) is 0.279. The number of carbonyl (C=O) groups excluding carboxylic acids is 3. The van der Waals surface area contributed by atoms with E-state index >= 15 is 0 Å². The summed E-state index contributed by atoms with van der Waals surface area (Å²) in [6.45, 7) is 5.23. The maximum atomic E-state index is 12.3. The molecule has 2 N–H and O–H groups in total. The lowest BCUT2D eigenvalue weighted by Gasteiger charge is -2.20. The van der Waals surface area contributed by atoms with Crippen LogP contribution in [0.25, 0.3) is 0 Å². The molecule has 0 fully saturated rings. The molecule has 7 nitrogen and oxygen atoms in total. The maximum Gasteiger partial charge on any atom is 0.412 e. The van der Waals surface area contributed by atoms with Crippen LogP contribution in [0.4, 0.5) is 16.2 Å². The predicted octanol–water partition coefficient (Wildman–Crippen LogP) is 5.06. The first-order chi connectivity index (χ1) is 13.0. The van der Waals surface area contributed by atoms with E-state index in [-0.39, 0.29) is 17.1 Å². The first-order valence-electron chi connectivity index (χ1n) is 8.27. The van der Waals surface area contributed by atoms with Crippen molar-refractivity contribution < 1.29 is 19.1 Å². The van der Waals surface area contributed by atoms with Crippen LogP contribution < -0.4 is 10.6 Å². The molecule has 1 aromatic heterocycles. The number of Topliss-reactive ketones (excluding diaryl/α,β-unsaturated/α-hetero) is 1. The summed E-state index contributed by atoms with van der Waals surface area (Å²) in [6.07, 6.45) is 0.266. The van der Waals surface area contributed by atoms with Gasteiger partial charge >= 0.3 is 6.09 Å². The Balaban J connectivity index is 2.08. The van der Waals surface area contributed by atoms with Crippen LogP contribution in [0, 0.1) is 0 Å². The molecule has 0 bridgehead atoms. The molecule has 0 atom stereocenters. The van der Waals surface area contributed by atoms with Gasteiger partial charge in [-0.25, -0.2) is 9.78 Å². The molecular weight excluding hydrogens is 450 g/mol. The van der Waals surface area contributed by atoms with Crippen molar-refractivity contribution in [3.8, 4) is 0 Å². The Morgan fingerprint density at radius 1 is 1.11 bits per heavy atom. The van der Waals surface area contributed by atoms with Gasteiger partial charge in [-0.1, -0.05) is 27.5 Å². The van der Waals surface area contributed by atoms with Gasteiger partial charge in [0, 0.05) is 16.2 Å². The number of nitrogens with zero attached hydrogens (tertiary/aromatic N) is 1. The smallest absolute Gasteiger partial charge is 0.412 e. The van der Waals surface area contributed by atoms with E-state index in [0.717, 1.165) is 0 Å². The molecule has 0 spiro atoms. The monoisotopic (exact) mass is 467 g/mol. The molecule has 0 aliphatic carbocycles. The van der Waals surface area contributed by atoms with Crippen LogP contribution in [0.1, 0.15) is 37.6 Å². The van der Waals surface area contributed by atoms with E-state index in [1.54, 1.807) is 39.0 Å². The number of aromatic nitrogens is 1. The molecule has 0 aliphatic heterocycles. The Kier molecular flexibility index (Phi) is 7.15. The summed E-state index contributed by atoms with van der Waals surface area (Å²) in [5, 5.41) is 5.47. The van der Waals surface area contributed by atoms with Gasteiger partial charge in [0.25, 0.3) is 0 Å². The summed E-state index contributed by atoms with van der Waals surface area (Å²) in [5.74, 6) is -0.941. The molecule has 2 aromatic rings. The molecule has 0 aliphatic rings. The fourth-order valence-electron chi connectivity index (χ4n) is 2.13. The topological polar surface area (TPSA) is 97.4 Å². The van der Waals surface area contributed by atoms with Crippen molar-refractivity contribution in [2.24, 2.45) is 0 Å². The number of carbonyl (C=O) groups is 3. The van der Waals surface area contributed by atoms with Gasteiger partial charge < -0.3 is 10.1 Å². The summed E-state index contributed by atoms with van der Waals surface area (Å²) >= 11 is 9.00. The minimum atomic E-state index is -0.665. The highest BCUT2D eigenvalue weighted by atomic mass is 79.9. The van der Waals surface area contributed by atoms with Crippen LogP contribution >= 0.6 is 27.5 Å². The second-order valence-electron chi connectivity index (χ2n) is 6.83. The molecule has 2 rings (SSSR count). The van der Waals surface area contributed by atoms with Crippen LogP contribution in [0.3, 0.4) is 0 Å². The Bertz CT molecular complexity index is 895. The number of hydrogen-bond donors (Lipinski definition) is 2. The zero-order valence-corrected chi connectivity index (χ0v) is 17.8. The minimum Gasteiger partial charge on any atom is -0.444 e. The Labute approximate surface area is 175 Å². The van der Waals surface area contributed by atoms with Gasteiger partial charge in [0.15, 0.2) is 5.78 Å². The van der Waals surface area contributed by atoms with Gasteiger partial charge in [-0.05, 0) is 51.1 Å². The van der Waals surface area contributed by atoms with E-state index in [1.807, 2.05) is 0 Å². The van der Waals surface area contributed by atoms with Crippen molar-refractivity contribution >= 4 is 56.7 Å². The lowest BCUT2D eigenvalue weighted by atomic mass is 10.1. The van der Waals surface area contributed by atoms with E-state index in [4.69, 9.17) is 16.3 Å². The van der Waals surface area contributed by atoms with Crippen molar-refractivity contribution in [2.75, 3.05) is 10.6 Å². The average molecular weight is 469 g/mol. The molecule has 1 heterocycles. The molecule has 0 radical (unpaired) electrons. The molecule has 0 saturated heterocycles. The first kappa shape index (κ1) is 21.8. The molecule has 2 amide bonds. The molecule has 0 unspecified atom stereocenters. The molecule has 148 valence electrons. The molecule has 28 heavy (non-hydrogen) atoms. The first-order valence-corrected chi connectivity index (χ1v) is 9.45. The molecule has 0 saturated carbocycles.